The number of rotatable bonds is 2. The van der Waals surface area contributed by atoms with Crippen LogP contribution in [-0.4, -0.2) is 16.8 Å². The molecule has 0 unspecified atom stereocenters. The van der Waals surface area contributed by atoms with E-state index in [0.717, 1.165) is 5.56 Å². The van der Waals surface area contributed by atoms with Crippen LogP contribution in [0.25, 0.3) is 0 Å². The summed E-state index contributed by atoms with van der Waals surface area (Å²) >= 11 is 0. The molecule has 0 aromatic heterocycles. The highest BCUT2D eigenvalue weighted by Gasteiger charge is 2.12. The highest BCUT2D eigenvalue weighted by atomic mass is 16.3. The molecule has 0 amide bonds. The van der Waals surface area contributed by atoms with Gasteiger partial charge in [0, 0.05) is 5.92 Å². The Kier molecular flexibility index (Phi) is 4.18. The molecule has 0 aliphatic carbocycles. The van der Waals surface area contributed by atoms with E-state index in [1.165, 1.54) is 0 Å². The predicted octanol–water partition coefficient (Wildman–Crippen LogP) is 1.35. The molecular formula is C12H14O2. The van der Waals surface area contributed by atoms with Crippen LogP contribution >= 0.6 is 0 Å². The molecule has 0 aliphatic heterocycles. The van der Waals surface area contributed by atoms with Crippen LogP contribution in [0.15, 0.2) is 30.3 Å². The Labute approximate surface area is 84.2 Å². The van der Waals surface area contributed by atoms with Crippen LogP contribution < -0.4 is 0 Å². The van der Waals surface area contributed by atoms with Crippen molar-refractivity contribution in [2.24, 2.45) is 5.92 Å². The lowest BCUT2D eigenvalue weighted by Crippen LogP contribution is -2.07. The van der Waals surface area contributed by atoms with E-state index in [-0.39, 0.29) is 12.5 Å². The topological polar surface area (TPSA) is 40.5 Å². The summed E-state index contributed by atoms with van der Waals surface area (Å²) in [5, 5.41) is 18.3. The van der Waals surface area contributed by atoms with Crippen molar-refractivity contribution in [3.05, 3.63) is 35.9 Å². The fraction of sp³-hybridized carbons (Fsp3) is 0.333. The van der Waals surface area contributed by atoms with Crippen LogP contribution in [0.5, 0.6) is 0 Å². The van der Waals surface area contributed by atoms with Gasteiger partial charge in [0.05, 0.1) is 6.10 Å². The summed E-state index contributed by atoms with van der Waals surface area (Å²) in [7, 11) is 0. The summed E-state index contributed by atoms with van der Waals surface area (Å²) in [5.74, 6) is 5.16. The van der Waals surface area contributed by atoms with Gasteiger partial charge >= 0.3 is 0 Å². The molecule has 0 aliphatic rings. The normalized spacial score (nSPS) is 13.9. The standard InChI is InChI=1S/C12H14O2/c1-10(6-5-9-13)12(14)11-7-3-2-4-8-11/h2-4,7-8,10,12-14H,9H2,1H3/t10-,12+/m0/s1. The zero-order valence-electron chi connectivity index (χ0n) is 8.14. The number of hydrogen-bond acceptors (Lipinski definition) is 2. The Balaban J connectivity index is 2.70. The summed E-state index contributed by atoms with van der Waals surface area (Å²) in [6, 6.07) is 9.39. The number of benzene rings is 1. The molecule has 0 spiro atoms. The van der Waals surface area contributed by atoms with Crippen molar-refractivity contribution in [2.75, 3.05) is 6.61 Å². The molecule has 1 rings (SSSR count). The number of aliphatic hydroxyl groups excluding tert-OH is 2. The van der Waals surface area contributed by atoms with Crippen molar-refractivity contribution in [1.82, 2.24) is 0 Å². The van der Waals surface area contributed by atoms with Crippen molar-refractivity contribution in [3.8, 4) is 11.8 Å². The molecule has 1 aromatic rings. The molecule has 2 nitrogen and oxygen atoms in total. The second-order valence-electron chi connectivity index (χ2n) is 3.12. The molecule has 0 saturated heterocycles. The molecule has 0 radical (unpaired) electrons. The average Bonchev–Trinajstić information content (AvgIpc) is 2.26. The van der Waals surface area contributed by atoms with Gasteiger partial charge in [-0.1, -0.05) is 42.2 Å². The molecule has 0 fully saturated rings. The van der Waals surface area contributed by atoms with E-state index in [0.29, 0.717) is 0 Å². The minimum absolute atomic E-state index is 0.161. The second kappa shape index (κ2) is 5.43. The predicted molar refractivity (Wildman–Crippen MR) is 55.4 cm³/mol. The lowest BCUT2D eigenvalue weighted by atomic mass is 9.98. The summed E-state index contributed by atoms with van der Waals surface area (Å²) in [4.78, 5) is 0. The van der Waals surface area contributed by atoms with Gasteiger partial charge < -0.3 is 10.2 Å². The number of hydrogen-bond donors (Lipinski definition) is 2. The molecule has 0 saturated carbocycles. The first-order valence-corrected chi connectivity index (χ1v) is 4.58. The minimum Gasteiger partial charge on any atom is -0.387 e. The average molecular weight is 190 g/mol. The maximum absolute atomic E-state index is 9.83. The first-order chi connectivity index (χ1) is 6.75. The summed E-state index contributed by atoms with van der Waals surface area (Å²) in [6.45, 7) is 1.67. The monoisotopic (exact) mass is 190 g/mol. The fourth-order valence-corrected chi connectivity index (χ4v) is 1.22. The Morgan fingerprint density at radius 3 is 2.50 bits per heavy atom. The van der Waals surface area contributed by atoms with Crippen LogP contribution in [0.2, 0.25) is 0 Å². The van der Waals surface area contributed by atoms with Crippen LogP contribution in [0.4, 0.5) is 0 Å². The van der Waals surface area contributed by atoms with Crippen LogP contribution in [0.3, 0.4) is 0 Å². The van der Waals surface area contributed by atoms with Crippen molar-refractivity contribution in [3.63, 3.8) is 0 Å². The van der Waals surface area contributed by atoms with Gasteiger partial charge in [-0.15, -0.1) is 0 Å². The van der Waals surface area contributed by atoms with Crippen molar-refractivity contribution in [2.45, 2.75) is 13.0 Å². The molecule has 1 aromatic carbocycles. The van der Waals surface area contributed by atoms with E-state index in [2.05, 4.69) is 11.8 Å². The lowest BCUT2D eigenvalue weighted by Gasteiger charge is -2.13. The van der Waals surface area contributed by atoms with Crippen molar-refractivity contribution < 1.29 is 10.2 Å². The lowest BCUT2D eigenvalue weighted by molar-refractivity contribution is 0.143. The van der Waals surface area contributed by atoms with Gasteiger partial charge in [0.2, 0.25) is 0 Å². The van der Waals surface area contributed by atoms with Crippen molar-refractivity contribution >= 4 is 0 Å². The third-order valence-electron chi connectivity index (χ3n) is 2.02. The van der Waals surface area contributed by atoms with Crippen LogP contribution in [0.1, 0.15) is 18.6 Å². The van der Waals surface area contributed by atoms with Gasteiger partial charge in [-0.25, -0.2) is 0 Å². The smallest absolute Gasteiger partial charge is 0.104 e. The molecule has 14 heavy (non-hydrogen) atoms. The van der Waals surface area contributed by atoms with E-state index >= 15 is 0 Å². The SMILES string of the molecule is C[C@@H](C#CCO)[C@@H](O)c1ccccc1. The minimum atomic E-state index is -0.588. The Bertz CT molecular complexity index is 321. The van der Waals surface area contributed by atoms with Crippen molar-refractivity contribution in [1.29, 1.82) is 0 Å². The Morgan fingerprint density at radius 2 is 1.93 bits per heavy atom. The second-order valence-corrected chi connectivity index (χ2v) is 3.12. The van der Waals surface area contributed by atoms with Gasteiger partial charge in [-0.05, 0) is 12.5 Å². The van der Waals surface area contributed by atoms with E-state index in [1.54, 1.807) is 0 Å². The van der Waals surface area contributed by atoms with Gasteiger partial charge in [0.25, 0.3) is 0 Å². The van der Waals surface area contributed by atoms with Crippen LogP contribution in [-0.2, 0) is 0 Å². The third-order valence-corrected chi connectivity index (χ3v) is 2.02. The third kappa shape index (κ3) is 2.88. The highest BCUT2D eigenvalue weighted by Crippen LogP contribution is 2.20. The van der Waals surface area contributed by atoms with Gasteiger partial charge in [0.15, 0.2) is 0 Å². The number of aliphatic hydroxyl groups is 2. The highest BCUT2D eigenvalue weighted by molar-refractivity contribution is 5.20. The zero-order valence-corrected chi connectivity index (χ0v) is 8.14. The Morgan fingerprint density at radius 1 is 1.29 bits per heavy atom. The summed E-state index contributed by atoms with van der Waals surface area (Å²) < 4.78 is 0. The molecule has 74 valence electrons. The van der Waals surface area contributed by atoms with Gasteiger partial charge in [-0.2, -0.15) is 0 Å². The maximum Gasteiger partial charge on any atom is 0.104 e. The maximum atomic E-state index is 9.83. The first-order valence-electron chi connectivity index (χ1n) is 4.58. The quantitative estimate of drug-likeness (QED) is 0.691. The molecule has 0 heterocycles. The van der Waals surface area contributed by atoms with E-state index in [4.69, 9.17) is 5.11 Å². The molecule has 0 bridgehead atoms. The molecule has 2 N–H and O–H groups in total. The molecule has 2 atom stereocenters. The molecular weight excluding hydrogens is 176 g/mol. The van der Waals surface area contributed by atoms with Crippen LogP contribution in [0, 0.1) is 17.8 Å². The summed E-state index contributed by atoms with van der Waals surface area (Å²) in [6.07, 6.45) is -0.588. The first kappa shape index (κ1) is 10.8. The van der Waals surface area contributed by atoms with Gasteiger partial charge in [0.1, 0.15) is 6.61 Å². The molecule has 2 heteroatoms. The zero-order chi connectivity index (χ0) is 10.4. The fourth-order valence-electron chi connectivity index (χ4n) is 1.22. The van der Waals surface area contributed by atoms with Gasteiger partial charge in [-0.3, -0.25) is 0 Å². The summed E-state index contributed by atoms with van der Waals surface area (Å²) in [5.41, 5.74) is 0.854. The van der Waals surface area contributed by atoms with E-state index in [1.807, 2.05) is 37.3 Å². The Hall–Kier alpha value is -1.30. The van der Waals surface area contributed by atoms with E-state index < -0.39 is 6.10 Å². The van der Waals surface area contributed by atoms with E-state index in [9.17, 15) is 5.11 Å². The largest absolute Gasteiger partial charge is 0.387 e.